The average Bonchev–Trinajstić information content (AvgIpc) is 2.12. The first-order valence-corrected chi connectivity index (χ1v) is 26.9. The van der Waals surface area contributed by atoms with E-state index in [2.05, 4.69) is 9.84 Å². The third kappa shape index (κ3) is 158. The van der Waals surface area contributed by atoms with Crippen LogP contribution in [0.3, 0.4) is 0 Å². The molecule has 0 fully saturated rings. The van der Waals surface area contributed by atoms with Gasteiger partial charge in [-0.05, 0) is 0 Å². The van der Waals surface area contributed by atoms with Crippen LogP contribution < -0.4 is 0 Å². The molecule has 0 aromatic heterocycles. The third-order valence-corrected chi connectivity index (χ3v) is 1.31. The number of hydrogen-bond donors (Lipinski definition) is 0. The monoisotopic (exact) mass is 4110 g/mol. The molecule has 0 bridgehead atoms. The summed E-state index contributed by atoms with van der Waals surface area (Å²) in [6, 6.07) is 0. The van der Waals surface area contributed by atoms with Gasteiger partial charge in [-0.2, -0.15) is 0 Å². The first-order chi connectivity index (χ1) is 5.31. The Kier molecular flexibility index (Phi) is 753. The average molecular weight is 4110 g/mol. The Morgan fingerprint density at radius 3 is 0.741 bits per heavy atom. The first-order valence-electron chi connectivity index (χ1n) is 1.71. The van der Waals surface area contributed by atoms with Gasteiger partial charge in [0.05, 0.1) is 0 Å². The molecule has 0 rings (SSSR count). The van der Waals surface area contributed by atoms with Crippen molar-refractivity contribution in [3.63, 3.8) is 0 Å². The molecule has 0 atom stereocenters. The zero-order valence-corrected chi connectivity index (χ0v) is 75.9. The van der Waals surface area contributed by atoms with E-state index in [1.54, 1.807) is 64.9 Å². The Hall–Kier alpha value is 14.4. The van der Waals surface area contributed by atoms with Gasteiger partial charge in [-0.1, -0.05) is 0 Å². The molecular weight excluding hydrogens is 4110 g/mol. The Morgan fingerprint density at radius 2 is 0.704 bits per heavy atom. The van der Waals surface area contributed by atoms with Crippen LogP contribution in [0.5, 0.6) is 0 Å². The maximum atomic E-state index is 10.2. The number of amides is 1. The van der Waals surface area contributed by atoms with Crippen LogP contribution in [0.1, 0.15) is 0 Å². The molecular formula is C3HNOW22-2. The zero-order chi connectivity index (χ0) is 9.70. The molecule has 27 heavy (non-hydrogen) atoms. The molecule has 24 heteroatoms. The van der Waals surface area contributed by atoms with Crippen molar-refractivity contribution < 1.29 is 445 Å². The number of carbonyl (C=O) groups is 1. The van der Waals surface area contributed by atoms with Gasteiger partial charge in [-0.15, -0.1) is 0 Å². The van der Waals surface area contributed by atoms with Gasteiger partial charge in [-0.25, -0.2) is 0 Å². The quantitative estimate of drug-likeness (QED) is 0.340. The van der Waals surface area contributed by atoms with E-state index in [1.165, 1.54) is 4.40 Å². The predicted molar refractivity (Wildman–Crippen MR) is 19.4 cm³/mol. The van der Waals surface area contributed by atoms with E-state index in [4.69, 9.17) is 0 Å². The first kappa shape index (κ1) is 135. The van der Waals surface area contributed by atoms with Crippen LogP contribution >= 0.6 is 0 Å². The molecule has 0 N–H and O–H groups in total. The third-order valence-electron chi connectivity index (χ3n) is 0.257. The molecule has 0 aliphatic rings. The Balaban J connectivity index is -0.00000000179. The van der Waals surface area contributed by atoms with Crippen molar-refractivity contribution in [3.8, 4) is 0 Å². The molecule has 0 aromatic rings. The van der Waals surface area contributed by atoms with Crippen LogP contribution in [-0.2, 0) is 445 Å². The van der Waals surface area contributed by atoms with Crippen LogP contribution in [0.25, 0.3) is 5.32 Å². The van der Waals surface area contributed by atoms with E-state index in [-0.39, 0.29) is 343 Å². The molecule has 1 amide bonds. The Labute approximate surface area is 452 Å². The number of hydrogen-bond acceptors (Lipinski definition) is 1. The van der Waals surface area contributed by atoms with Crippen LogP contribution in [0.4, 0.5) is 0 Å². The van der Waals surface area contributed by atoms with E-state index in [1.807, 2.05) is 0 Å². The minimum atomic E-state index is -0.176. The second-order valence-electron chi connectivity index (χ2n) is 0.659. The van der Waals surface area contributed by atoms with E-state index >= 15 is 0 Å². The molecule has 0 heterocycles. The van der Waals surface area contributed by atoms with Gasteiger partial charge < -0.3 is 0 Å². The number of rotatable bonds is 2. The SMILES string of the molecule is O=C([CH]=[W])[N-][C-]=[W].[W].[W].[W].[W].[W].[W].[W].[W].[W].[W].[W].[W].[W].[W].[W].[W].[W]=[W].[W]=[W]. The molecule has 158 valence electrons. The Bertz CT molecular complexity index is 133. The number of nitrogens with zero attached hydrogens (tertiary/aromatic N) is 1. The van der Waals surface area contributed by atoms with Crippen molar-refractivity contribution in [1.29, 1.82) is 0 Å². The fraction of sp³-hybridized carbons (Fsp3) is 0. The number of carbonyl (C=O) groups excluding carboxylic acids is 1. The molecule has 0 aliphatic carbocycles. The summed E-state index contributed by atoms with van der Waals surface area (Å²) in [6.07, 6.45) is 0. The minimum absolute atomic E-state index is 0. The van der Waals surface area contributed by atoms with Gasteiger partial charge >= 0.3 is 129 Å². The van der Waals surface area contributed by atoms with E-state index < -0.39 is 0 Å². The summed E-state index contributed by atoms with van der Waals surface area (Å²) in [6.45, 7) is 0. The van der Waals surface area contributed by atoms with Crippen molar-refractivity contribution in [1.82, 2.24) is 0 Å². The second kappa shape index (κ2) is 151. The molecule has 0 aromatic carbocycles. The fourth-order valence-corrected chi connectivity index (χ4v) is 0.584. The second-order valence-corrected chi connectivity index (χ2v) is 2.16. The molecule has 0 saturated carbocycles. The summed E-state index contributed by atoms with van der Waals surface area (Å²) in [5.74, 6) is -0.176. The van der Waals surface area contributed by atoms with Gasteiger partial charge in [-0.3, -0.25) is 0 Å². The van der Waals surface area contributed by atoms with Crippen molar-refractivity contribution in [2.24, 2.45) is 0 Å². The van der Waals surface area contributed by atoms with Gasteiger partial charge in [0.1, 0.15) is 0 Å². The summed E-state index contributed by atoms with van der Waals surface area (Å²) in [5, 5.41) is 3.36. The maximum absolute atomic E-state index is 10.2. The van der Waals surface area contributed by atoms with Gasteiger partial charge in [0.25, 0.3) is 0 Å². The molecule has 0 aliphatic heterocycles. The van der Waals surface area contributed by atoms with Crippen LogP contribution in [0, 0.1) is 0 Å². The summed E-state index contributed by atoms with van der Waals surface area (Å²) >= 11 is 8.88. The standard InChI is InChI=1S/C3HNO.22W/c1-3(5)4-2;;;;;;;;;;;;;;;;;;;;;;/h1H;;;;;;;;;;;;;;;;;;;;;;/q-2;;;;;;;;;;;;;;;;;;;;;;. The Morgan fingerprint density at radius 1 is 0.556 bits per heavy atom. The van der Waals surface area contributed by atoms with E-state index in [0.29, 0.717) is 0 Å². The predicted octanol–water partition coefficient (Wildman–Crippen LogP) is -0.631. The fourth-order valence-electron chi connectivity index (χ4n) is 0.0713. The zero-order valence-electron chi connectivity index (χ0n) is 11.4. The van der Waals surface area contributed by atoms with E-state index in [0.717, 1.165) is 38.7 Å². The van der Waals surface area contributed by atoms with Crippen LogP contribution in [0.15, 0.2) is 0 Å². The van der Waals surface area contributed by atoms with Crippen molar-refractivity contribution in [3.05, 3.63) is 5.32 Å². The van der Waals surface area contributed by atoms with Gasteiger partial charge in [0, 0.05) is 337 Å². The molecule has 2 nitrogen and oxygen atoms in total. The topological polar surface area (TPSA) is 31.2 Å². The molecule has 0 saturated heterocycles. The molecule has 0 unspecified atom stereocenters. The summed E-state index contributed by atoms with van der Waals surface area (Å²) in [7, 11) is 0. The van der Waals surface area contributed by atoms with Crippen molar-refractivity contribution in [2.45, 2.75) is 0 Å². The van der Waals surface area contributed by atoms with Crippen LogP contribution in [0.2, 0.25) is 0 Å². The molecule has 0 spiro atoms. The summed E-state index contributed by atoms with van der Waals surface area (Å²) in [5.41, 5.74) is 0. The molecule has 0 radical (unpaired) electrons. The van der Waals surface area contributed by atoms with E-state index in [9.17, 15) is 4.79 Å². The summed E-state index contributed by atoms with van der Waals surface area (Å²) < 4.78 is 3.94. The normalized spacial score (nSPS) is 2.07. The van der Waals surface area contributed by atoms with Gasteiger partial charge in [0.2, 0.25) is 0 Å². The van der Waals surface area contributed by atoms with Crippen LogP contribution in [-0.4, -0.2) is 14.8 Å². The van der Waals surface area contributed by atoms with Gasteiger partial charge in [0.15, 0.2) is 0 Å². The summed E-state index contributed by atoms with van der Waals surface area (Å²) in [4.78, 5) is 10.2. The van der Waals surface area contributed by atoms with Crippen molar-refractivity contribution in [2.75, 3.05) is 0 Å². The van der Waals surface area contributed by atoms with Crippen molar-refractivity contribution >= 4 is 14.8 Å².